The first-order valence-corrected chi connectivity index (χ1v) is 6.35. The van der Waals surface area contributed by atoms with Gasteiger partial charge in [0.15, 0.2) is 23.3 Å². The van der Waals surface area contributed by atoms with Crippen LogP contribution in [0, 0.1) is 23.3 Å². The SMILES string of the molecule is CC(/C=C/c1ccccc1)=N\Nc1c(F)c(F)cc(F)c1F. The third kappa shape index (κ3) is 3.72. The fourth-order valence-electron chi connectivity index (χ4n) is 1.63. The van der Waals surface area contributed by atoms with Crippen LogP contribution < -0.4 is 5.43 Å². The fourth-order valence-corrected chi connectivity index (χ4v) is 1.63. The Kier molecular flexibility index (Phi) is 4.93. The molecule has 0 saturated heterocycles. The van der Waals surface area contributed by atoms with Crippen LogP contribution in [0.5, 0.6) is 0 Å². The molecule has 0 fully saturated rings. The largest absolute Gasteiger partial charge is 0.272 e. The molecular weight excluding hydrogens is 296 g/mol. The zero-order valence-electron chi connectivity index (χ0n) is 11.6. The van der Waals surface area contributed by atoms with Crippen molar-refractivity contribution in [2.24, 2.45) is 5.10 Å². The van der Waals surface area contributed by atoms with Gasteiger partial charge in [0.1, 0.15) is 5.69 Å². The summed E-state index contributed by atoms with van der Waals surface area (Å²) >= 11 is 0. The Labute approximate surface area is 124 Å². The van der Waals surface area contributed by atoms with Gasteiger partial charge in [-0.25, -0.2) is 17.6 Å². The summed E-state index contributed by atoms with van der Waals surface area (Å²) in [6, 6.07) is 9.43. The molecule has 114 valence electrons. The summed E-state index contributed by atoms with van der Waals surface area (Å²) in [6.07, 6.45) is 3.33. The van der Waals surface area contributed by atoms with Crippen molar-refractivity contribution in [3.05, 3.63) is 71.3 Å². The number of anilines is 1. The summed E-state index contributed by atoms with van der Waals surface area (Å²) in [5.74, 6) is -6.03. The van der Waals surface area contributed by atoms with E-state index in [9.17, 15) is 17.6 Å². The fraction of sp³-hybridized carbons (Fsp3) is 0.0625. The summed E-state index contributed by atoms with van der Waals surface area (Å²) in [4.78, 5) is 0. The van der Waals surface area contributed by atoms with Crippen LogP contribution in [-0.4, -0.2) is 5.71 Å². The van der Waals surface area contributed by atoms with E-state index in [0.29, 0.717) is 5.71 Å². The first-order chi connectivity index (χ1) is 10.5. The van der Waals surface area contributed by atoms with Gasteiger partial charge >= 0.3 is 0 Å². The van der Waals surface area contributed by atoms with Gasteiger partial charge in [-0.05, 0) is 18.6 Å². The topological polar surface area (TPSA) is 24.4 Å². The van der Waals surface area contributed by atoms with Crippen molar-refractivity contribution in [1.29, 1.82) is 0 Å². The highest BCUT2D eigenvalue weighted by Gasteiger charge is 2.18. The molecule has 6 heteroatoms. The van der Waals surface area contributed by atoms with Gasteiger partial charge < -0.3 is 0 Å². The van der Waals surface area contributed by atoms with Crippen molar-refractivity contribution in [3.63, 3.8) is 0 Å². The Bertz CT molecular complexity index is 698. The Balaban J connectivity index is 2.17. The minimum Gasteiger partial charge on any atom is -0.272 e. The van der Waals surface area contributed by atoms with Crippen molar-refractivity contribution in [3.8, 4) is 0 Å². The number of halogens is 4. The lowest BCUT2D eigenvalue weighted by molar-refractivity contribution is 0.458. The summed E-state index contributed by atoms with van der Waals surface area (Å²) < 4.78 is 52.9. The molecule has 0 aliphatic carbocycles. The summed E-state index contributed by atoms with van der Waals surface area (Å²) in [6.45, 7) is 1.57. The predicted molar refractivity (Wildman–Crippen MR) is 78.5 cm³/mol. The first kappa shape index (κ1) is 15.8. The van der Waals surface area contributed by atoms with E-state index < -0.39 is 29.0 Å². The molecule has 2 nitrogen and oxygen atoms in total. The minimum absolute atomic E-state index is 0.141. The van der Waals surface area contributed by atoms with Crippen molar-refractivity contribution in [1.82, 2.24) is 0 Å². The smallest absolute Gasteiger partial charge is 0.186 e. The summed E-state index contributed by atoms with van der Waals surface area (Å²) in [7, 11) is 0. The highest BCUT2D eigenvalue weighted by Crippen LogP contribution is 2.24. The molecule has 1 N–H and O–H groups in total. The second kappa shape index (κ2) is 6.89. The van der Waals surface area contributed by atoms with Crippen LogP contribution >= 0.6 is 0 Å². The molecule has 2 rings (SSSR count). The zero-order chi connectivity index (χ0) is 16.1. The molecule has 0 spiro atoms. The summed E-state index contributed by atoms with van der Waals surface area (Å²) in [5, 5.41) is 3.68. The number of benzene rings is 2. The van der Waals surface area contributed by atoms with Gasteiger partial charge in [0.05, 0.1) is 5.71 Å². The molecule has 0 bridgehead atoms. The number of hydrogen-bond acceptors (Lipinski definition) is 2. The molecule has 0 atom stereocenters. The van der Waals surface area contributed by atoms with Crippen LogP contribution in [0.15, 0.2) is 47.6 Å². The maximum absolute atomic E-state index is 13.4. The second-order valence-electron chi connectivity index (χ2n) is 4.45. The predicted octanol–water partition coefficient (Wildman–Crippen LogP) is 4.74. The van der Waals surface area contributed by atoms with Crippen LogP contribution in [-0.2, 0) is 0 Å². The third-order valence-corrected chi connectivity index (χ3v) is 2.77. The Morgan fingerprint density at radius 2 is 1.59 bits per heavy atom. The van der Waals surface area contributed by atoms with Gasteiger partial charge in [-0.3, -0.25) is 5.43 Å². The van der Waals surface area contributed by atoms with E-state index in [2.05, 4.69) is 5.10 Å². The number of hydrogen-bond donors (Lipinski definition) is 1. The number of hydrazone groups is 1. The highest BCUT2D eigenvalue weighted by molar-refractivity contribution is 5.96. The first-order valence-electron chi connectivity index (χ1n) is 6.35. The van der Waals surface area contributed by atoms with Gasteiger partial charge in [-0.15, -0.1) is 0 Å². The van der Waals surface area contributed by atoms with Crippen molar-refractivity contribution in [2.45, 2.75) is 6.92 Å². The van der Waals surface area contributed by atoms with E-state index in [0.717, 1.165) is 5.56 Å². The number of nitrogens with one attached hydrogen (secondary N) is 1. The number of rotatable bonds is 4. The average Bonchev–Trinajstić information content (AvgIpc) is 2.52. The molecule has 0 unspecified atom stereocenters. The minimum atomic E-state index is -1.53. The molecule has 0 aromatic heterocycles. The van der Waals surface area contributed by atoms with Gasteiger partial charge in [0.2, 0.25) is 0 Å². The van der Waals surface area contributed by atoms with Crippen LogP contribution in [0.3, 0.4) is 0 Å². The van der Waals surface area contributed by atoms with Crippen molar-refractivity contribution in [2.75, 3.05) is 5.43 Å². The Hall–Kier alpha value is -2.63. The monoisotopic (exact) mass is 308 g/mol. The lowest BCUT2D eigenvalue weighted by atomic mass is 10.2. The van der Waals surface area contributed by atoms with E-state index in [1.807, 2.05) is 35.8 Å². The molecule has 22 heavy (non-hydrogen) atoms. The quantitative estimate of drug-likeness (QED) is 0.375. The van der Waals surface area contributed by atoms with Gasteiger partial charge in [0, 0.05) is 6.07 Å². The molecule has 0 amide bonds. The second-order valence-corrected chi connectivity index (χ2v) is 4.45. The van der Waals surface area contributed by atoms with E-state index in [4.69, 9.17) is 0 Å². The number of nitrogens with zero attached hydrogens (tertiary/aromatic N) is 1. The average molecular weight is 308 g/mol. The zero-order valence-corrected chi connectivity index (χ0v) is 11.6. The maximum Gasteiger partial charge on any atom is 0.186 e. The maximum atomic E-state index is 13.4. The van der Waals surface area contributed by atoms with Crippen LogP contribution in [0.1, 0.15) is 12.5 Å². The standard InChI is InChI=1S/C16H12F4N2/c1-10(7-8-11-5-3-2-4-6-11)21-22-16-14(19)12(17)9-13(18)15(16)20/h2-9,22H,1H3/b8-7+,21-10+. The Morgan fingerprint density at radius 3 is 2.18 bits per heavy atom. The van der Waals surface area contributed by atoms with Gasteiger partial charge in [-0.1, -0.05) is 36.4 Å². The third-order valence-electron chi connectivity index (χ3n) is 2.77. The highest BCUT2D eigenvalue weighted by atomic mass is 19.2. The van der Waals surface area contributed by atoms with Crippen molar-refractivity contribution >= 4 is 17.5 Å². The molecule has 2 aromatic rings. The van der Waals surface area contributed by atoms with Gasteiger partial charge in [-0.2, -0.15) is 5.10 Å². The van der Waals surface area contributed by atoms with Crippen molar-refractivity contribution < 1.29 is 17.6 Å². The molecule has 0 aliphatic heterocycles. The number of allylic oxidation sites excluding steroid dienone is 1. The van der Waals surface area contributed by atoms with E-state index >= 15 is 0 Å². The lowest BCUT2D eigenvalue weighted by Gasteiger charge is -2.06. The lowest BCUT2D eigenvalue weighted by Crippen LogP contribution is -2.04. The molecule has 0 heterocycles. The molecular formula is C16H12F4N2. The molecule has 2 aromatic carbocycles. The van der Waals surface area contributed by atoms with Gasteiger partial charge in [0.25, 0.3) is 0 Å². The molecule has 0 radical (unpaired) electrons. The molecule has 0 saturated carbocycles. The van der Waals surface area contributed by atoms with Crippen LogP contribution in [0.2, 0.25) is 0 Å². The van der Waals surface area contributed by atoms with E-state index in [-0.39, 0.29) is 6.07 Å². The van der Waals surface area contributed by atoms with E-state index in [1.165, 1.54) is 0 Å². The summed E-state index contributed by atoms with van der Waals surface area (Å²) in [5.41, 5.74) is 2.31. The van der Waals surface area contributed by atoms with E-state index in [1.54, 1.807) is 19.1 Å². The normalized spacial score (nSPS) is 12.0. The van der Waals surface area contributed by atoms with Crippen LogP contribution in [0.4, 0.5) is 23.2 Å². The molecule has 0 aliphatic rings. The van der Waals surface area contributed by atoms with Crippen LogP contribution in [0.25, 0.3) is 6.08 Å². The Morgan fingerprint density at radius 1 is 1.00 bits per heavy atom.